The summed E-state index contributed by atoms with van der Waals surface area (Å²) in [4.78, 5) is 70.3. The van der Waals surface area contributed by atoms with Crippen molar-refractivity contribution in [2.45, 2.75) is 0 Å². The molecule has 2 heterocycles. The van der Waals surface area contributed by atoms with E-state index in [0.717, 1.165) is 0 Å². The molecule has 0 radical (unpaired) electrons. The Morgan fingerprint density at radius 2 is 0.915 bits per heavy atom. The van der Waals surface area contributed by atoms with Crippen LogP contribution in [0.3, 0.4) is 0 Å². The lowest BCUT2D eigenvalue weighted by Crippen LogP contribution is -2.46. The smallest absolute Gasteiger partial charge is 0.317 e. The van der Waals surface area contributed by atoms with E-state index in [2.05, 4.69) is 20.6 Å². The number of hydrogen-bond donors (Lipinski definition) is 9. The molecule has 17 heteroatoms. The van der Waals surface area contributed by atoms with E-state index in [0.29, 0.717) is 33.2 Å². The second-order valence-electron chi connectivity index (χ2n) is 10.8. The number of nitrogens with one attached hydrogen (secondary N) is 4. The van der Waals surface area contributed by atoms with Gasteiger partial charge in [-0.1, -0.05) is 0 Å². The lowest BCUT2D eigenvalue weighted by atomic mass is 10.2. The number of aromatic amines is 2. The number of amides is 2. The number of aliphatic carboxylic acids is 3. The highest BCUT2D eigenvalue weighted by Crippen LogP contribution is 2.27. The number of aromatic hydroxyl groups is 2. The Bertz CT molecular complexity index is 1650. The van der Waals surface area contributed by atoms with Gasteiger partial charge in [-0.25, -0.2) is 0 Å². The summed E-state index contributed by atoms with van der Waals surface area (Å²) in [7, 11) is 0. The Kier molecular flexibility index (Phi) is 11.3. The first kappa shape index (κ1) is 34.2. The van der Waals surface area contributed by atoms with Crippen molar-refractivity contribution in [1.82, 2.24) is 24.7 Å². The van der Waals surface area contributed by atoms with Crippen LogP contribution in [0.2, 0.25) is 0 Å². The van der Waals surface area contributed by atoms with Gasteiger partial charge in [0.25, 0.3) is 0 Å². The minimum absolute atomic E-state index is 0.00315. The third-order valence-corrected chi connectivity index (χ3v) is 7.15. The summed E-state index contributed by atoms with van der Waals surface area (Å²) in [5.74, 6) is -4.67. The Hall–Kier alpha value is -5.65. The molecule has 0 aliphatic carbocycles. The molecule has 9 N–H and O–H groups in total. The summed E-state index contributed by atoms with van der Waals surface area (Å²) in [5.41, 5.74) is 2.10. The average Bonchev–Trinajstić information content (AvgIpc) is 3.56. The minimum Gasteiger partial charge on any atom is -0.508 e. The highest BCUT2D eigenvalue weighted by atomic mass is 16.4. The van der Waals surface area contributed by atoms with Gasteiger partial charge < -0.3 is 46.1 Å². The van der Waals surface area contributed by atoms with Crippen molar-refractivity contribution < 1.29 is 49.5 Å². The maximum Gasteiger partial charge on any atom is 0.317 e. The second kappa shape index (κ2) is 15.6. The van der Waals surface area contributed by atoms with E-state index in [9.17, 15) is 49.5 Å². The lowest BCUT2D eigenvalue weighted by molar-refractivity contribution is -0.140. The number of nitrogens with zero attached hydrogens (tertiary/aromatic N) is 3. The molecule has 4 rings (SSSR count). The fourth-order valence-electron chi connectivity index (χ4n) is 5.05. The number of carbonyl (C=O) groups is 5. The van der Waals surface area contributed by atoms with E-state index >= 15 is 0 Å². The van der Waals surface area contributed by atoms with Crippen LogP contribution in [-0.2, 0) is 24.0 Å². The van der Waals surface area contributed by atoms with Crippen LogP contribution in [0.4, 0.5) is 11.4 Å². The van der Waals surface area contributed by atoms with Gasteiger partial charge in [0.05, 0.1) is 44.1 Å². The van der Waals surface area contributed by atoms with Crippen molar-refractivity contribution in [3.8, 4) is 11.5 Å². The number of carbonyl (C=O) groups excluding carboxylic acids is 2. The fourth-order valence-corrected chi connectivity index (χ4v) is 5.05. The van der Waals surface area contributed by atoms with Crippen molar-refractivity contribution in [2.75, 3.05) is 69.5 Å². The molecule has 250 valence electrons. The molecule has 0 unspecified atom stereocenters. The summed E-state index contributed by atoms with van der Waals surface area (Å²) >= 11 is 0. The van der Waals surface area contributed by atoms with Gasteiger partial charge in [-0.05, 0) is 36.4 Å². The van der Waals surface area contributed by atoms with E-state index in [1.165, 1.54) is 51.4 Å². The number of hydrogen-bond acceptors (Lipinski definition) is 10. The molecule has 0 atom stereocenters. The quantitative estimate of drug-likeness (QED) is 0.0721. The van der Waals surface area contributed by atoms with Gasteiger partial charge in [0, 0.05) is 60.4 Å². The van der Waals surface area contributed by atoms with Crippen LogP contribution in [0.1, 0.15) is 0 Å². The first-order valence-corrected chi connectivity index (χ1v) is 14.4. The van der Waals surface area contributed by atoms with Crippen LogP contribution in [0.25, 0.3) is 21.8 Å². The maximum atomic E-state index is 12.8. The Morgan fingerprint density at radius 3 is 1.30 bits per heavy atom. The van der Waals surface area contributed by atoms with Crippen LogP contribution in [0, 0.1) is 0 Å². The molecule has 0 spiro atoms. The van der Waals surface area contributed by atoms with E-state index in [1.807, 2.05) is 0 Å². The van der Waals surface area contributed by atoms with Crippen molar-refractivity contribution in [1.29, 1.82) is 0 Å². The minimum atomic E-state index is -1.20. The molecule has 2 amide bonds. The molecule has 0 fully saturated rings. The van der Waals surface area contributed by atoms with Crippen LogP contribution < -0.4 is 10.6 Å². The van der Waals surface area contributed by atoms with Crippen LogP contribution in [-0.4, -0.2) is 139 Å². The molecule has 17 nitrogen and oxygen atoms in total. The summed E-state index contributed by atoms with van der Waals surface area (Å²) in [5, 5.41) is 54.3. The number of phenolic OH excluding ortho intramolecular Hbond substituents is 2. The molecular weight excluding hydrogens is 618 g/mol. The van der Waals surface area contributed by atoms with E-state index in [1.54, 1.807) is 12.1 Å². The van der Waals surface area contributed by atoms with Crippen molar-refractivity contribution in [3.05, 3.63) is 48.8 Å². The normalized spacial score (nSPS) is 11.5. The number of carboxylic acids is 3. The summed E-state index contributed by atoms with van der Waals surface area (Å²) < 4.78 is 0. The highest BCUT2D eigenvalue weighted by Gasteiger charge is 2.21. The van der Waals surface area contributed by atoms with Gasteiger partial charge in [0.15, 0.2) is 0 Å². The number of aromatic nitrogens is 2. The van der Waals surface area contributed by atoms with Gasteiger partial charge in [0.1, 0.15) is 11.5 Å². The molecule has 2 aromatic heterocycles. The number of benzene rings is 2. The summed E-state index contributed by atoms with van der Waals surface area (Å²) in [6.45, 7) is -2.18. The zero-order valence-corrected chi connectivity index (χ0v) is 25.1. The SMILES string of the molecule is O=C(O)CN(CCN(CC(=O)O)CC(=O)Nc1c[nH]c2ccc(O)cc12)CCN(CC(=O)O)CC(=O)Nc1c[nH]c2ccc(O)cc12. The summed E-state index contributed by atoms with van der Waals surface area (Å²) in [6.07, 6.45) is 3.07. The molecule has 4 aromatic rings. The topological polar surface area (TPSA) is 252 Å². The largest absolute Gasteiger partial charge is 0.508 e. The average molecular weight is 654 g/mol. The standard InChI is InChI=1S/C30H35N7O10/c38-18-1-3-22-20(9-18)24(11-31-22)33-26(40)13-36(16-29(44)45)7-5-35(15-28(42)43)6-8-37(17-30(46)47)14-27(41)34-25-12-32-23-4-2-19(39)10-21(23)25/h1-4,9-12,31-32,38-39H,5-8,13-17H2,(H,33,40)(H,34,41)(H,42,43)(H,44,45)(H,46,47). The molecule has 0 saturated carbocycles. The monoisotopic (exact) mass is 653 g/mol. The number of carboxylic acid groups (broad SMARTS) is 3. The number of rotatable bonds is 18. The van der Waals surface area contributed by atoms with Crippen molar-refractivity contribution >= 4 is 62.9 Å². The summed E-state index contributed by atoms with van der Waals surface area (Å²) in [6, 6.07) is 9.16. The Morgan fingerprint density at radius 1 is 0.553 bits per heavy atom. The van der Waals surface area contributed by atoms with E-state index < -0.39 is 49.4 Å². The van der Waals surface area contributed by atoms with Gasteiger partial charge >= 0.3 is 17.9 Å². The molecule has 0 aliphatic heterocycles. The zero-order valence-electron chi connectivity index (χ0n) is 25.1. The first-order valence-electron chi connectivity index (χ1n) is 14.4. The predicted molar refractivity (Wildman–Crippen MR) is 169 cm³/mol. The molecule has 0 aliphatic rings. The molecule has 47 heavy (non-hydrogen) atoms. The van der Waals surface area contributed by atoms with E-state index in [-0.39, 0.29) is 50.8 Å². The van der Waals surface area contributed by atoms with Crippen molar-refractivity contribution in [3.63, 3.8) is 0 Å². The van der Waals surface area contributed by atoms with Gasteiger partial charge in [0.2, 0.25) is 11.8 Å². The molecule has 2 aromatic carbocycles. The third kappa shape index (κ3) is 10.2. The zero-order chi connectivity index (χ0) is 34.1. The molecule has 0 bridgehead atoms. The molecular formula is C30H35N7O10. The predicted octanol–water partition coefficient (Wildman–Crippen LogP) is 0.797. The number of H-pyrrole nitrogens is 2. The highest BCUT2D eigenvalue weighted by molar-refractivity contribution is 6.03. The lowest BCUT2D eigenvalue weighted by Gasteiger charge is -2.28. The van der Waals surface area contributed by atoms with Crippen LogP contribution in [0.5, 0.6) is 11.5 Å². The fraction of sp³-hybridized carbons (Fsp3) is 0.300. The van der Waals surface area contributed by atoms with Gasteiger partial charge in [-0.15, -0.1) is 0 Å². The van der Waals surface area contributed by atoms with Crippen molar-refractivity contribution in [2.24, 2.45) is 0 Å². The maximum absolute atomic E-state index is 12.8. The Balaban J connectivity index is 1.36. The van der Waals surface area contributed by atoms with Crippen LogP contribution in [0.15, 0.2) is 48.8 Å². The molecule has 0 saturated heterocycles. The Labute approximate surface area is 267 Å². The third-order valence-electron chi connectivity index (χ3n) is 7.15. The second-order valence-corrected chi connectivity index (χ2v) is 10.8. The number of anilines is 2. The van der Waals surface area contributed by atoms with Crippen LogP contribution >= 0.6 is 0 Å². The van der Waals surface area contributed by atoms with Gasteiger partial charge in [-0.2, -0.15) is 0 Å². The number of phenols is 2. The van der Waals surface area contributed by atoms with Gasteiger partial charge in [-0.3, -0.25) is 38.7 Å². The van der Waals surface area contributed by atoms with E-state index in [4.69, 9.17) is 0 Å². The first-order chi connectivity index (χ1) is 22.4. The number of fused-ring (bicyclic) bond motifs is 2.